The molecule has 25 heavy (non-hydrogen) atoms. The van der Waals surface area contributed by atoms with E-state index in [9.17, 15) is 0 Å². The highest BCUT2D eigenvalue weighted by atomic mass is 16.5. The van der Waals surface area contributed by atoms with Crippen LogP contribution in [0.1, 0.15) is 24.8 Å². The summed E-state index contributed by atoms with van der Waals surface area (Å²) in [5.41, 5.74) is 2.38. The van der Waals surface area contributed by atoms with E-state index < -0.39 is 0 Å². The minimum Gasteiger partial charge on any atom is -0.494 e. The molecule has 2 rings (SSSR count). The zero-order chi connectivity index (χ0) is 17.7. The van der Waals surface area contributed by atoms with Crippen molar-refractivity contribution in [3.63, 3.8) is 0 Å². The van der Waals surface area contributed by atoms with Crippen LogP contribution in [0.3, 0.4) is 0 Å². The van der Waals surface area contributed by atoms with Crippen LogP contribution in [-0.4, -0.2) is 43.1 Å². The van der Waals surface area contributed by atoms with Crippen LogP contribution in [0, 0.1) is 0 Å². The molecule has 0 saturated carbocycles. The molecule has 136 valence electrons. The number of anilines is 1. The predicted octanol–water partition coefficient (Wildman–Crippen LogP) is 3.27. The Balaban J connectivity index is 1.65. The van der Waals surface area contributed by atoms with Crippen LogP contribution in [0.4, 0.5) is 5.69 Å². The number of aliphatic hydroxyl groups excluding tert-OH is 2. The van der Waals surface area contributed by atoms with Gasteiger partial charge in [-0.3, -0.25) is 0 Å². The zero-order valence-corrected chi connectivity index (χ0v) is 14.8. The van der Waals surface area contributed by atoms with Crippen molar-refractivity contribution >= 4 is 5.69 Å². The van der Waals surface area contributed by atoms with Gasteiger partial charge >= 0.3 is 0 Å². The van der Waals surface area contributed by atoms with Crippen LogP contribution in [0.15, 0.2) is 54.6 Å². The molecule has 2 aromatic rings. The summed E-state index contributed by atoms with van der Waals surface area (Å²) in [4.78, 5) is 1.95. The molecule has 0 aliphatic rings. The molecule has 0 radical (unpaired) electrons. The van der Waals surface area contributed by atoms with Gasteiger partial charge in [0.25, 0.3) is 0 Å². The molecule has 0 unspecified atom stereocenters. The number of nitrogens with zero attached hydrogens (tertiary/aromatic N) is 1. The van der Waals surface area contributed by atoms with Crippen LogP contribution >= 0.6 is 0 Å². The highest BCUT2D eigenvalue weighted by Gasteiger charge is 2.05. The molecule has 4 nitrogen and oxygen atoms in total. The predicted molar refractivity (Wildman–Crippen MR) is 102 cm³/mol. The van der Waals surface area contributed by atoms with E-state index in [-0.39, 0.29) is 13.2 Å². The molecule has 0 heterocycles. The lowest BCUT2D eigenvalue weighted by atomic mass is 10.1. The monoisotopic (exact) mass is 343 g/mol. The summed E-state index contributed by atoms with van der Waals surface area (Å²) < 4.78 is 5.80. The summed E-state index contributed by atoms with van der Waals surface area (Å²) in [6.07, 6.45) is 4.52. The van der Waals surface area contributed by atoms with Crippen molar-refractivity contribution in [3.05, 3.63) is 60.2 Å². The maximum Gasteiger partial charge on any atom is 0.119 e. The quantitative estimate of drug-likeness (QED) is 0.581. The molecule has 4 heteroatoms. The molecule has 0 aromatic heterocycles. The molecule has 0 atom stereocenters. The summed E-state index contributed by atoms with van der Waals surface area (Å²) in [6, 6.07) is 18.4. The van der Waals surface area contributed by atoms with Crippen LogP contribution < -0.4 is 9.64 Å². The Morgan fingerprint density at radius 3 is 2.08 bits per heavy atom. The van der Waals surface area contributed by atoms with E-state index in [1.165, 1.54) is 12.0 Å². The highest BCUT2D eigenvalue weighted by molar-refractivity contribution is 5.49. The third-order valence-electron chi connectivity index (χ3n) is 4.16. The zero-order valence-electron chi connectivity index (χ0n) is 14.8. The van der Waals surface area contributed by atoms with Crippen molar-refractivity contribution in [1.29, 1.82) is 0 Å². The van der Waals surface area contributed by atoms with Crippen LogP contribution in [0.5, 0.6) is 5.75 Å². The second-order valence-corrected chi connectivity index (χ2v) is 6.07. The van der Waals surface area contributed by atoms with E-state index in [2.05, 4.69) is 30.3 Å². The molecule has 0 bridgehead atoms. The third-order valence-corrected chi connectivity index (χ3v) is 4.16. The fraction of sp³-hybridized carbons (Fsp3) is 0.429. The summed E-state index contributed by atoms with van der Waals surface area (Å²) in [7, 11) is 0. The number of hydrogen-bond donors (Lipinski definition) is 2. The first kappa shape index (κ1) is 19.3. The number of ether oxygens (including phenoxy) is 1. The Labute approximate surface area is 150 Å². The number of unbranched alkanes of at least 4 members (excludes halogenated alkanes) is 2. The van der Waals surface area contributed by atoms with Gasteiger partial charge in [-0.2, -0.15) is 0 Å². The highest BCUT2D eigenvalue weighted by Crippen LogP contribution is 2.19. The van der Waals surface area contributed by atoms with Gasteiger partial charge in [0.05, 0.1) is 19.8 Å². The number of hydrogen-bond acceptors (Lipinski definition) is 4. The fourth-order valence-electron chi connectivity index (χ4n) is 2.81. The van der Waals surface area contributed by atoms with Crippen molar-refractivity contribution in [1.82, 2.24) is 0 Å². The average Bonchev–Trinajstić information content (AvgIpc) is 2.66. The molecule has 0 amide bonds. The van der Waals surface area contributed by atoms with Gasteiger partial charge in [-0.1, -0.05) is 30.3 Å². The molecule has 0 aliphatic heterocycles. The van der Waals surface area contributed by atoms with E-state index in [0.717, 1.165) is 37.3 Å². The van der Waals surface area contributed by atoms with Crippen molar-refractivity contribution in [2.75, 3.05) is 37.8 Å². The maximum atomic E-state index is 9.09. The second kappa shape index (κ2) is 11.5. The number of aliphatic hydroxyl groups is 2. The van der Waals surface area contributed by atoms with Gasteiger partial charge < -0.3 is 19.8 Å². The number of benzene rings is 2. The lowest BCUT2D eigenvalue weighted by Crippen LogP contribution is -2.29. The molecular formula is C21H29NO3. The first-order valence-electron chi connectivity index (χ1n) is 9.07. The average molecular weight is 343 g/mol. The second-order valence-electron chi connectivity index (χ2n) is 6.07. The first-order chi connectivity index (χ1) is 12.3. The van der Waals surface area contributed by atoms with E-state index in [4.69, 9.17) is 14.9 Å². The normalized spacial score (nSPS) is 10.6. The standard InChI is InChI=1S/C21H29NO3/c23-16-14-22(15-17-24)20-10-12-21(13-11-20)25-18-6-2-5-9-19-7-3-1-4-8-19/h1,3-4,7-8,10-13,23-24H,2,5-6,9,14-18H2. The van der Waals surface area contributed by atoms with E-state index in [1.54, 1.807) is 0 Å². The van der Waals surface area contributed by atoms with Gasteiger partial charge in [-0.05, 0) is 55.5 Å². The van der Waals surface area contributed by atoms with Crippen molar-refractivity contribution < 1.29 is 14.9 Å². The minimum absolute atomic E-state index is 0.0707. The molecule has 0 aliphatic carbocycles. The number of rotatable bonds is 12. The fourth-order valence-corrected chi connectivity index (χ4v) is 2.81. The van der Waals surface area contributed by atoms with Gasteiger partial charge in [0.1, 0.15) is 5.75 Å². The Bertz CT molecular complexity index is 565. The van der Waals surface area contributed by atoms with Gasteiger partial charge in [0.2, 0.25) is 0 Å². The van der Waals surface area contributed by atoms with E-state index >= 15 is 0 Å². The molecule has 0 fully saturated rings. The Morgan fingerprint density at radius 1 is 0.760 bits per heavy atom. The topological polar surface area (TPSA) is 52.9 Å². The Morgan fingerprint density at radius 2 is 1.44 bits per heavy atom. The maximum absolute atomic E-state index is 9.09. The van der Waals surface area contributed by atoms with Gasteiger partial charge in [0.15, 0.2) is 0 Å². The summed E-state index contributed by atoms with van der Waals surface area (Å²) in [6.45, 7) is 1.90. The van der Waals surface area contributed by atoms with Crippen LogP contribution in [0.25, 0.3) is 0 Å². The lowest BCUT2D eigenvalue weighted by molar-refractivity contribution is 0.281. The van der Waals surface area contributed by atoms with Crippen molar-refractivity contribution in [2.24, 2.45) is 0 Å². The van der Waals surface area contributed by atoms with Gasteiger partial charge in [0, 0.05) is 18.8 Å². The Kier molecular flexibility index (Phi) is 8.87. The van der Waals surface area contributed by atoms with Crippen LogP contribution in [0.2, 0.25) is 0 Å². The first-order valence-corrected chi connectivity index (χ1v) is 9.07. The smallest absolute Gasteiger partial charge is 0.119 e. The molecule has 0 saturated heterocycles. The van der Waals surface area contributed by atoms with E-state index in [0.29, 0.717) is 13.1 Å². The minimum atomic E-state index is 0.0707. The van der Waals surface area contributed by atoms with Gasteiger partial charge in [-0.25, -0.2) is 0 Å². The largest absolute Gasteiger partial charge is 0.494 e. The lowest BCUT2D eigenvalue weighted by Gasteiger charge is -2.23. The van der Waals surface area contributed by atoms with E-state index in [1.807, 2.05) is 29.2 Å². The molecule has 2 aromatic carbocycles. The summed E-state index contributed by atoms with van der Waals surface area (Å²) in [5, 5.41) is 18.2. The van der Waals surface area contributed by atoms with Crippen LogP contribution in [-0.2, 0) is 6.42 Å². The van der Waals surface area contributed by atoms with Crippen molar-refractivity contribution in [3.8, 4) is 5.75 Å². The van der Waals surface area contributed by atoms with Gasteiger partial charge in [-0.15, -0.1) is 0 Å². The molecular weight excluding hydrogens is 314 g/mol. The summed E-state index contributed by atoms with van der Waals surface area (Å²) in [5.74, 6) is 0.861. The third kappa shape index (κ3) is 7.16. The molecule has 0 spiro atoms. The SMILES string of the molecule is OCCN(CCO)c1ccc(OCCCCCc2ccccc2)cc1. The Hall–Kier alpha value is -2.04. The molecule has 2 N–H and O–H groups in total. The number of aryl methyl sites for hydroxylation is 1. The van der Waals surface area contributed by atoms with Crippen molar-refractivity contribution in [2.45, 2.75) is 25.7 Å². The summed E-state index contributed by atoms with van der Waals surface area (Å²) >= 11 is 0.